The highest BCUT2D eigenvalue weighted by Crippen LogP contribution is 2.35. The fraction of sp³-hybridized carbons (Fsp3) is 0.241. The van der Waals surface area contributed by atoms with Crippen molar-refractivity contribution < 1.29 is 9.59 Å². The molecule has 38 heavy (non-hydrogen) atoms. The summed E-state index contributed by atoms with van der Waals surface area (Å²) in [4.78, 5) is 34.9. The maximum atomic E-state index is 11.8. The van der Waals surface area contributed by atoms with Crippen molar-refractivity contribution in [2.24, 2.45) is 5.92 Å². The number of nitrogens with zero attached hydrogens (tertiary/aromatic N) is 3. The Bertz CT molecular complexity index is 1520. The molecule has 0 spiro atoms. The van der Waals surface area contributed by atoms with Crippen LogP contribution < -0.4 is 15.5 Å². The van der Waals surface area contributed by atoms with Gasteiger partial charge in [-0.3, -0.25) is 14.9 Å². The molecule has 2 saturated heterocycles. The number of carbonyl (C=O) groups excluding carboxylic acids is 2. The number of benzene rings is 2. The second kappa shape index (κ2) is 11.1. The molecule has 2 amide bonds. The maximum absolute atomic E-state index is 11.8. The second-order valence-electron chi connectivity index (χ2n) is 9.50. The Morgan fingerprint density at radius 1 is 1.03 bits per heavy atom. The van der Waals surface area contributed by atoms with E-state index in [2.05, 4.69) is 79.4 Å². The van der Waals surface area contributed by atoms with Gasteiger partial charge in [0.05, 0.1) is 10.6 Å². The molecule has 0 radical (unpaired) electrons. The van der Waals surface area contributed by atoms with Gasteiger partial charge in [-0.1, -0.05) is 42.5 Å². The van der Waals surface area contributed by atoms with Crippen molar-refractivity contribution in [3.63, 3.8) is 0 Å². The smallest absolute Gasteiger partial charge is 0.290 e. The van der Waals surface area contributed by atoms with Gasteiger partial charge in [-0.25, -0.2) is 9.97 Å². The van der Waals surface area contributed by atoms with Crippen molar-refractivity contribution in [1.82, 2.24) is 20.6 Å². The number of hydrogen-bond acceptors (Lipinski definition) is 8. The molecular weight excluding hydrogens is 514 g/mol. The third-order valence-electron chi connectivity index (χ3n) is 7.02. The summed E-state index contributed by atoms with van der Waals surface area (Å²) in [5.74, 6) is 0.882. The van der Waals surface area contributed by atoms with Crippen LogP contribution in [0.2, 0.25) is 0 Å². The third-order valence-corrected chi connectivity index (χ3v) is 8.79. The largest absolute Gasteiger partial charge is 0.341 e. The lowest BCUT2D eigenvalue weighted by molar-refractivity contribution is -0.115. The molecule has 0 aliphatic carbocycles. The summed E-state index contributed by atoms with van der Waals surface area (Å²) in [5, 5.41) is 9.22. The van der Waals surface area contributed by atoms with Crippen LogP contribution in [-0.4, -0.2) is 40.7 Å². The summed E-state index contributed by atoms with van der Waals surface area (Å²) in [5.41, 5.74) is 4.57. The van der Waals surface area contributed by atoms with Crippen molar-refractivity contribution in [2.45, 2.75) is 19.4 Å². The number of amides is 2. The quantitative estimate of drug-likeness (QED) is 0.291. The molecule has 6 rings (SSSR count). The van der Waals surface area contributed by atoms with Gasteiger partial charge in [0.2, 0.25) is 5.95 Å². The van der Waals surface area contributed by atoms with Gasteiger partial charge >= 0.3 is 0 Å². The summed E-state index contributed by atoms with van der Waals surface area (Å²) in [6, 6.07) is 19.0. The molecule has 0 unspecified atom stereocenters. The van der Waals surface area contributed by atoms with Crippen LogP contribution >= 0.6 is 23.1 Å². The molecule has 2 N–H and O–H groups in total. The van der Waals surface area contributed by atoms with Gasteiger partial charge in [-0.05, 0) is 71.8 Å². The van der Waals surface area contributed by atoms with E-state index < -0.39 is 0 Å². The van der Waals surface area contributed by atoms with Crippen molar-refractivity contribution in [1.29, 1.82) is 0 Å². The second-order valence-corrected chi connectivity index (χ2v) is 11.4. The van der Waals surface area contributed by atoms with E-state index in [-0.39, 0.29) is 11.1 Å². The van der Waals surface area contributed by atoms with E-state index in [0.29, 0.717) is 22.5 Å². The standard InChI is InChI=1S/C29H27N5O2S2/c35-27-26(38-29(36)33-27)15-21-9-12-31-28(32-21)34-13-10-19(11-14-34)16-30-17-20-5-1-2-6-22(20)24-18-37-25-8-4-3-7-23(24)25/h1-9,12,15,18-19,30H,10-11,13-14,16-17H2,(H,33,35,36)/b26-15-. The Morgan fingerprint density at radius 2 is 1.84 bits per heavy atom. The predicted octanol–water partition coefficient (Wildman–Crippen LogP) is 5.69. The number of imide groups is 1. The molecular formula is C29H27N5O2S2. The molecule has 0 saturated carbocycles. The van der Waals surface area contributed by atoms with Crippen LogP contribution in [0.3, 0.4) is 0 Å². The monoisotopic (exact) mass is 541 g/mol. The fourth-order valence-electron chi connectivity index (χ4n) is 5.02. The van der Waals surface area contributed by atoms with Gasteiger partial charge in [0.15, 0.2) is 0 Å². The van der Waals surface area contributed by atoms with Crippen LogP contribution in [0.15, 0.2) is 71.1 Å². The molecule has 2 aromatic carbocycles. The average Bonchev–Trinajstić information content (AvgIpc) is 3.51. The van der Waals surface area contributed by atoms with Crippen LogP contribution in [0.1, 0.15) is 24.1 Å². The average molecular weight is 542 g/mol. The lowest BCUT2D eigenvalue weighted by Crippen LogP contribution is -2.38. The van der Waals surface area contributed by atoms with Crippen LogP contribution in [0, 0.1) is 5.92 Å². The first-order valence-corrected chi connectivity index (χ1v) is 14.4. The summed E-state index contributed by atoms with van der Waals surface area (Å²) >= 11 is 2.70. The Hall–Kier alpha value is -3.53. The first-order chi connectivity index (χ1) is 18.6. The zero-order valence-electron chi connectivity index (χ0n) is 20.7. The van der Waals surface area contributed by atoms with Crippen molar-refractivity contribution >= 4 is 56.4 Å². The molecule has 2 aliphatic heterocycles. The van der Waals surface area contributed by atoms with E-state index in [1.165, 1.54) is 26.8 Å². The minimum Gasteiger partial charge on any atom is -0.341 e. The number of carbonyl (C=O) groups is 2. The number of fused-ring (bicyclic) bond motifs is 1. The SMILES string of the molecule is O=C1NC(=O)/C(=C/c2ccnc(N3CCC(CNCc4ccccc4-c4csc5ccccc45)CC3)n2)S1. The number of aromatic nitrogens is 2. The van der Waals surface area contributed by atoms with Crippen molar-refractivity contribution in [2.75, 3.05) is 24.5 Å². The van der Waals surface area contributed by atoms with Crippen LogP contribution in [0.5, 0.6) is 0 Å². The van der Waals surface area contributed by atoms with Crippen LogP contribution in [-0.2, 0) is 11.3 Å². The van der Waals surface area contributed by atoms with Gasteiger partial charge in [-0.15, -0.1) is 11.3 Å². The molecule has 2 fully saturated rings. The van der Waals surface area contributed by atoms with Crippen LogP contribution in [0.25, 0.3) is 27.3 Å². The van der Waals surface area contributed by atoms with E-state index >= 15 is 0 Å². The summed E-state index contributed by atoms with van der Waals surface area (Å²) < 4.78 is 1.32. The Labute approximate surface area is 229 Å². The fourth-order valence-corrected chi connectivity index (χ4v) is 6.65. The molecule has 4 aromatic rings. The molecule has 2 aliphatic rings. The number of thioether (sulfide) groups is 1. The third kappa shape index (κ3) is 5.36. The number of piperidine rings is 1. The number of rotatable bonds is 7. The Balaban J connectivity index is 1.04. The minimum atomic E-state index is -0.375. The molecule has 4 heterocycles. The lowest BCUT2D eigenvalue weighted by atomic mass is 9.96. The first-order valence-electron chi connectivity index (χ1n) is 12.7. The normalized spacial score (nSPS) is 17.5. The zero-order valence-corrected chi connectivity index (χ0v) is 22.4. The highest BCUT2D eigenvalue weighted by molar-refractivity contribution is 8.18. The maximum Gasteiger partial charge on any atom is 0.290 e. The summed E-state index contributed by atoms with van der Waals surface area (Å²) in [7, 11) is 0. The topological polar surface area (TPSA) is 87.2 Å². The van der Waals surface area contributed by atoms with Crippen molar-refractivity contribution in [3.05, 3.63) is 82.3 Å². The number of hydrogen-bond donors (Lipinski definition) is 2. The van der Waals surface area contributed by atoms with Crippen LogP contribution in [0.4, 0.5) is 10.7 Å². The van der Waals surface area contributed by atoms with E-state index in [1.54, 1.807) is 29.7 Å². The first kappa shape index (κ1) is 24.8. The van der Waals surface area contributed by atoms with Gasteiger partial charge in [0.25, 0.3) is 11.1 Å². The number of anilines is 1. The van der Waals surface area contributed by atoms with E-state index in [9.17, 15) is 9.59 Å². The highest BCUT2D eigenvalue weighted by atomic mass is 32.2. The predicted molar refractivity (Wildman–Crippen MR) is 155 cm³/mol. The molecule has 9 heteroatoms. The molecule has 0 atom stereocenters. The van der Waals surface area contributed by atoms with E-state index in [0.717, 1.165) is 50.8 Å². The van der Waals surface area contributed by atoms with Gasteiger partial charge in [-0.2, -0.15) is 0 Å². The highest BCUT2D eigenvalue weighted by Gasteiger charge is 2.26. The van der Waals surface area contributed by atoms with Gasteiger partial charge in [0, 0.05) is 41.5 Å². The summed E-state index contributed by atoms with van der Waals surface area (Å²) in [6.45, 7) is 3.59. The van der Waals surface area contributed by atoms with Gasteiger partial charge in [0.1, 0.15) is 0 Å². The van der Waals surface area contributed by atoms with E-state index in [4.69, 9.17) is 0 Å². The zero-order chi connectivity index (χ0) is 25.9. The Kier molecular flexibility index (Phi) is 7.22. The molecule has 0 bridgehead atoms. The molecule has 192 valence electrons. The number of thiophene rings is 1. The minimum absolute atomic E-state index is 0.352. The molecule has 2 aromatic heterocycles. The lowest BCUT2D eigenvalue weighted by Gasteiger charge is -2.32. The number of nitrogens with one attached hydrogen (secondary N) is 2. The summed E-state index contributed by atoms with van der Waals surface area (Å²) in [6.07, 6.45) is 5.47. The van der Waals surface area contributed by atoms with Crippen molar-refractivity contribution in [3.8, 4) is 11.1 Å². The molecule has 7 nitrogen and oxygen atoms in total. The van der Waals surface area contributed by atoms with E-state index in [1.807, 2.05) is 0 Å². The Morgan fingerprint density at radius 3 is 2.68 bits per heavy atom. The van der Waals surface area contributed by atoms with Gasteiger partial charge < -0.3 is 10.2 Å².